The number of para-hydroxylation sites is 2. The van der Waals surface area contributed by atoms with Crippen LogP contribution in [-0.2, 0) is 0 Å². The molecule has 21 heavy (non-hydrogen) atoms. The first-order chi connectivity index (χ1) is 10.0. The average Bonchev–Trinajstić information content (AvgIpc) is 2.47. The fourth-order valence-electron chi connectivity index (χ4n) is 1.69. The van der Waals surface area contributed by atoms with Gasteiger partial charge in [0.1, 0.15) is 5.69 Å². The third-order valence-electron chi connectivity index (χ3n) is 2.60. The van der Waals surface area contributed by atoms with E-state index in [-0.39, 0.29) is 16.9 Å². The summed E-state index contributed by atoms with van der Waals surface area (Å²) in [6.45, 7) is 0. The van der Waals surface area contributed by atoms with Gasteiger partial charge in [-0.25, -0.2) is 9.78 Å². The number of hydrogen-bond donors (Lipinski definition) is 2. The second-order valence-electron chi connectivity index (χ2n) is 3.93. The van der Waals surface area contributed by atoms with Crippen molar-refractivity contribution in [2.45, 2.75) is 0 Å². The van der Waals surface area contributed by atoms with Crippen molar-refractivity contribution in [2.24, 2.45) is 0 Å². The summed E-state index contributed by atoms with van der Waals surface area (Å²) < 4.78 is 0. The zero-order chi connectivity index (χ0) is 15.4. The van der Waals surface area contributed by atoms with Gasteiger partial charge in [-0.3, -0.25) is 14.9 Å². The van der Waals surface area contributed by atoms with E-state index < -0.39 is 22.5 Å². The van der Waals surface area contributed by atoms with Crippen LogP contribution in [0.5, 0.6) is 0 Å². The minimum absolute atomic E-state index is 0.0207. The predicted octanol–water partition coefficient (Wildman–Crippen LogP) is 1.94. The number of nitro groups is 1. The van der Waals surface area contributed by atoms with Crippen molar-refractivity contribution in [1.29, 1.82) is 0 Å². The molecule has 1 heterocycles. The van der Waals surface area contributed by atoms with Gasteiger partial charge in [0.25, 0.3) is 11.6 Å². The summed E-state index contributed by atoms with van der Waals surface area (Å²) >= 11 is 0. The number of carboxylic acid groups (broad SMARTS) is 1. The molecule has 8 nitrogen and oxygen atoms in total. The van der Waals surface area contributed by atoms with Gasteiger partial charge in [0, 0.05) is 12.3 Å². The highest BCUT2D eigenvalue weighted by Gasteiger charge is 2.20. The number of carbonyl (C=O) groups is 2. The fourth-order valence-corrected chi connectivity index (χ4v) is 1.69. The normalized spacial score (nSPS) is 9.90. The summed E-state index contributed by atoms with van der Waals surface area (Å²) in [5, 5.41) is 22.2. The SMILES string of the molecule is O=C(Nc1ccccc1[N+](=O)[O-])c1cccnc1C(=O)O. The van der Waals surface area contributed by atoms with Gasteiger partial charge in [0.15, 0.2) is 5.69 Å². The summed E-state index contributed by atoms with van der Waals surface area (Å²) in [5.74, 6) is -2.14. The van der Waals surface area contributed by atoms with Gasteiger partial charge in [-0.2, -0.15) is 0 Å². The monoisotopic (exact) mass is 287 g/mol. The zero-order valence-electron chi connectivity index (χ0n) is 10.5. The molecule has 0 saturated carbocycles. The zero-order valence-corrected chi connectivity index (χ0v) is 10.5. The van der Waals surface area contributed by atoms with Crippen LogP contribution in [0.1, 0.15) is 20.8 Å². The Kier molecular flexibility index (Phi) is 3.89. The van der Waals surface area contributed by atoms with Crippen molar-refractivity contribution in [2.75, 3.05) is 5.32 Å². The van der Waals surface area contributed by atoms with Crippen LogP contribution < -0.4 is 5.32 Å². The number of carbonyl (C=O) groups excluding carboxylic acids is 1. The molecular weight excluding hydrogens is 278 g/mol. The van der Waals surface area contributed by atoms with E-state index in [0.717, 1.165) is 0 Å². The Hall–Kier alpha value is -3.29. The summed E-state index contributed by atoms with van der Waals surface area (Å²) in [6, 6.07) is 8.25. The van der Waals surface area contributed by atoms with Crippen LogP contribution in [0.15, 0.2) is 42.6 Å². The predicted molar refractivity (Wildman–Crippen MR) is 72.2 cm³/mol. The first-order valence-corrected chi connectivity index (χ1v) is 5.74. The van der Waals surface area contributed by atoms with Gasteiger partial charge in [0.05, 0.1) is 10.5 Å². The van der Waals surface area contributed by atoms with Crippen LogP contribution in [0.3, 0.4) is 0 Å². The van der Waals surface area contributed by atoms with E-state index in [4.69, 9.17) is 5.11 Å². The molecule has 1 aromatic heterocycles. The molecule has 8 heteroatoms. The minimum atomic E-state index is -1.36. The molecule has 2 rings (SSSR count). The Labute approximate surface area is 118 Å². The number of nitrogens with one attached hydrogen (secondary N) is 1. The van der Waals surface area contributed by atoms with E-state index in [0.29, 0.717) is 0 Å². The number of nitro benzene ring substituents is 1. The number of pyridine rings is 1. The second-order valence-corrected chi connectivity index (χ2v) is 3.93. The number of hydrogen-bond acceptors (Lipinski definition) is 5. The molecule has 1 aromatic carbocycles. The van der Waals surface area contributed by atoms with Crippen LogP contribution in [0.2, 0.25) is 0 Å². The molecule has 0 unspecified atom stereocenters. The van der Waals surface area contributed by atoms with E-state index in [1.54, 1.807) is 0 Å². The molecule has 0 aliphatic rings. The summed E-state index contributed by atoms with van der Waals surface area (Å²) in [5.41, 5.74) is -0.906. The number of anilines is 1. The third-order valence-corrected chi connectivity index (χ3v) is 2.60. The van der Waals surface area contributed by atoms with Gasteiger partial charge in [-0.15, -0.1) is 0 Å². The highest BCUT2D eigenvalue weighted by atomic mass is 16.6. The Morgan fingerprint density at radius 1 is 1.19 bits per heavy atom. The van der Waals surface area contributed by atoms with Gasteiger partial charge < -0.3 is 10.4 Å². The van der Waals surface area contributed by atoms with Crippen molar-refractivity contribution in [1.82, 2.24) is 4.98 Å². The molecule has 0 radical (unpaired) electrons. The Bertz CT molecular complexity index is 729. The van der Waals surface area contributed by atoms with Crippen LogP contribution in [0.4, 0.5) is 11.4 Å². The van der Waals surface area contributed by atoms with E-state index >= 15 is 0 Å². The molecule has 0 aliphatic carbocycles. The maximum atomic E-state index is 12.1. The van der Waals surface area contributed by atoms with Crippen molar-refractivity contribution in [3.05, 3.63) is 64.0 Å². The molecule has 2 N–H and O–H groups in total. The van der Waals surface area contributed by atoms with Crippen molar-refractivity contribution in [3.63, 3.8) is 0 Å². The maximum Gasteiger partial charge on any atom is 0.355 e. The second kappa shape index (κ2) is 5.78. The lowest BCUT2D eigenvalue weighted by atomic mass is 10.1. The number of aromatic carboxylic acids is 1. The lowest BCUT2D eigenvalue weighted by molar-refractivity contribution is -0.383. The molecule has 2 aromatic rings. The number of amides is 1. The number of nitrogens with zero attached hydrogens (tertiary/aromatic N) is 2. The molecule has 0 bridgehead atoms. The van der Waals surface area contributed by atoms with E-state index in [2.05, 4.69) is 10.3 Å². The Morgan fingerprint density at radius 2 is 1.90 bits per heavy atom. The lowest BCUT2D eigenvalue weighted by Gasteiger charge is -2.07. The van der Waals surface area contributed by atoms with Crippen molar-refractivity contribution >= 4 is 23.3 Å². The highest BCUT2D eigenvalue weighted by Crippen LogP contribution is 2.24. The molecular formula is C13H9N3O5. The maximum absolute atomic E-state index is 12.1. The number of benzene rings is 1. The van der Waals surface area contributed by atoms with E-state index in [1.165, 1.54) is 42.6 Å². The van der Waals surface area contributed by atoms with Crippen LogP contribution in [0.25, 0.3) is 0 Å². The molecule has 1 amide bonds. The van der Waals surface area contributed by atoms with Crippen LogP contribution in [0, 0.1) is 10.1 Å². The first kappa shape index (κ1) is 14.1. The van der Waals surface area contributed by atoms with E-state index in [1.807, 2.05) is 0 Å². The fraction of sp³-hybridized carbons (Fsp3) is 0. The molecule has 0 saturated heterocycles. The van der Waals surface area contributed by atoms with Crippen molar-refractivity contribution in [3.8, 4) is 0 Å². The van der Waals surface area contributed by atoms with Crippen molar-refractivity contribution < 1.29 is 19.6 Å². The summed E-state index contributed by atoms with van der Waals surface area (Å²) in [7, 11) is 0. The molecule has 0 aliphatic heterocycles. The first-order valence-electron chi connectivity index (χ1n) is 5.74. The summed E-state index contributed by atoms with van der Waals surface area (Å²) in [6.07, 6.45) is 1.24. The van der Waals surface area contributed by atoms with Crippen LogP contribution >= 0.6 is 0 Å². The van der Waals surface area contributed by atoms with E-state index in [9.17, 15) is 19.7 Å². The molecule has 0 fully saturated rings. The minimum Gasteiger partial charge on any atom is -0.476 e. The molecule has 0 spiro atoms. The Morgan fingerprint density at radius 3 is 2.57 bits per heavy atom. The van der Waals surface area contributed by atoms with Crippen LogP contribution in [-0.4, -0.2) is 26.9 Å². The average molecular weight is 287 g/mol. The number of carboxylic acids is 1. The molecule has 0 atom stereocenters. The Balaban J connectivity index is 2.36. The standard InChI is InChI=1S/C13H9N3O5/c17-12(8-4-3-7-14-11(8)13(18)19)15-9-5-1-2-6-10(9)16(20)21/h1-7H,(H,15,17)(H,18,19). The number of aromatic nitrogens is 1. The van der Waals surface area contributed by atoms with Gasteiger partial charge in [0.2, 0.25) is 0 Å². The van der Waals surface area contributed by atoms with Gasteiger partial charge >= 0.3 is 5.97 Å². The molecule has 106 valence electrons. The third kappa shape index (κ3) is 3.00. The topological polar surface area (TPSA) is 122 Å². The summed E-state index contributed by atoms with van der Waals surface area (Å²) in [4.78, 5) is 36.9. The largest absolute Gasteiger partial charge is 0.476 e. The van der Waals surface area contributed by atoms with Gasteiger partial charge in [-0.1, -0.05) is 12.1 Å². The van der Waals surface area contributed by atoms with Gasteiger partial charge in [-0.05, 0) is 18.2 Å². The smallest absolute Gasteiger partial charge is 0.355 e. The highest BCUT2D eigenvalue weighted by molar-refractivity contribution is 6.10. The number of rotatable bonds is 4. The quantitative estimate of drug-likeness (QED) is 0.654. The lowest BCUT2D eigenvalue weighted by Crippen LogP contribution is -2.18.